The van der Waals surface area contributed by atoms with Gasteiger partial charge in [-0.3, -0.25) is 0 Å². The summed E-state index contributed by atoms with van der Waals surface area (Å²) >= 11 is 0. The van der Waals surface area contributed by atoms with Crippen molar-refractivity contribution in [3.05, 3.63) is 240 Å². The number of hydrogen-bond donors (Lipinski definition) is 0. The first-order valence-electron chi connectivity index (χ1n) is 23.3. The molecule has 65 heavy (non-hydrogen) atoms. The molecule has 2 heteroatoms. The van der Waals surface area contributed by atoms with Gasteiger partial charge in [0.1, 0.15) is 0 Å². The van der Waals surface area contributed by atoms with Crippen LogP contribution in [0.3, 0.4) is 0 Å². The van der Waals surface area contributed by atoms with Crippen molar-refractivity contribution in [1.82, 2.24) is 4.57 Å². The molecule has 0 saturated heterocycles. The van der Waals surface area contributed by atoms with E-state index in [0.717, 1.165) is 17.1 Å². The van der Waals surface area contributed by atoms with Crippen LogP contribution >= 0.6 is 0 Å². The molecule has 2 nitrogen and oxygen atoms in total. The van der Waals surface area contributed by atoms with E-state index >= 15 is 0 Å². The first-order chi connectivity index (χ1) is 31.7. The molecule has 1 heterocycles. The lowest BCUT2D eigenvalue weighted by molar-refractivity contribution is 0.332. The third kappa shape index (κ3) is 5.34. The molecule has 0 unspecified atom stereocenters. The van der Waals surface area contributed by atoms with Crippen LogP contribution in [0.5, 0.6) is 0 Å². The Labute approximate surface area is 382 Å². The predicted octanol–water partition coefficient (Wildman–Crippen LogP) is 16.6. The molecule has 0 bridgehead atoms. The highest BCUT2D eigenvalue weighted by Gasteiger charge is 2.51. The molecule has 10 aromatic rings. The number of nitrogens with zero attached hydrogens (tertiary/aromatic N) is 2. The number of anilines is 3. The van der Waals surface area contributed by atoms with Gasteiger partial charge in [0.15, 0.2) is 0 Å². The van der Waals surface area contributed by atoms with Crippen LogP contribution in [0, 0.1) is 0 Å². The summed E-state index contributed by atoms with van der Waals surface area (Å²) in [6.07, 6.45) is 2.37. The maximum atomic E-state index is 2.52. The van der Waals surface area contributed by atoms with E-state index in [9.17, 15) is 0 Å². The Kier molecular flexibility index (Phi) is 8.08. The maximum absolute atomic E-state index is 2.52. The van der Waals surface area contributed by atoms with Crippen LogP contribution in [-0.2, 0) is 16.2 Å². The van der Waals surface area contributed by atoms with Crippen molar-refractivity contribution >= 4 is 38.9 Å². The minimum Gasteiger partial charge on any atom is -0.310 e. The molecule has 0 N–H and O–H groups in total. The minimum absolute atomic E-state index is 0.0934. The molecule has 312 valence electrons. The second-order valence-electron chi connectivity index (χ2n) is 19.9. The molecular weight excluding hydrogens is 785 g/mol. The van der Waals surface area contributed by atoms with E-state index in [2.05, 4.69) is 243 Å². The minimum atomic E-state index is -0.400. The van der Waals surface area contributed by atoms with Crippen molar-refractivity contribution in [2.75, 3.05) is 4.90 Å². The summed E-state index contributed by atoms with van der Waals surface area (Å²) < 4.78 is 2.52. The van der Waals surface area contributed by atoms with E-state index in [1.807, 2.05) is 0 Å². The third-order valence-corrected chi connectivity index (χ3v) is 15.5. The van der Waals surface area contributed by atoms with Crippen LogP contribution in [-0.4, -0.2) is 4.57 Å². The number of benzene rings is 9. The summed E-state index contributed by atoms with van der Waals surface area (Å²) in [7, 11) is 0. The molecule has 0 fully saturated rings. The van der Waals surface area contributed by atoms with Crippen LogP contribution in [0.25, 0.3) is 60.9 Å². The van der Waals surface area contributed by atoms with Gasteiger partial charge in [-0.25, -0.2) is 0 Å². The molecule has 0 amide bonds. The van der Waals surface area contributed by atoms with Gasteiger partial charge in [-0.05, 0) is 133 Å². The topological polar surface area (TPSA) is 8.17 Å². The summed E-state index contributed by atoms with van der Waals surface area (Å²) in [4.78, 5) is 2.51. The van der Waals surface area contributed by atoms with E-state index in [1.54, 1.807) is 0 Å². The predicted molar refractivity (Wildman–Crippen MR) is 272 cm³/mol. The Balaban J connectivity index is 1.07. The lowest BCUT2D eigenvalue weighted by Crippen LogP contribution is -2.33. The van der Waals surface area contributed by atoms with Crippen molar-refractivity contribution in [3.63, 3.8) is 0 Å². The molecule has 0 radical (unpaired) electrons. The molecule has 1 spiro atoms. The first-order valence-corrected chi connectivity index (χ1v) is 23.3. The Morgan fingerprint density at radius 2 is 0.877 bits per heavy atom. The lowest BCUT2D eigenvalue weighted by atomic mass is 9.63. The fraction of sp³-hybridized carbons (Fsp3) is 0.143. The van der Waals surface area contributed by atoms with Crippen LogP contribution in [0.2, 0.25) is 0 Å². The number of hydrogen-bond acceptors (Lipinski definition) is 1. The van der Waals surface area contributed by atoms with Crippen molar-refractivity contribution < 1.29 is 0 Å². The normalized spacial score (nSPS) is 15.6. The van der Waals surface area contributed by atoms with Crippen molar-refractivity contribution in [3.8, 4) is 39.1 Å². The van der Waals surface area contributed by atoms with Crippen molar-refractivity contribution in [2.45, 2.75) is 56.8 Å². The monoisotopic (exact) mass is 834 g/mol. The van der Waals surface area contributed by atoms with Gasteiger partial charge in [-0.1, -0.05) is 185 Å². The van der Waals surface area contributed by atoms with Crippen LogP contribution < -0.4 is 4.90 Å². The summed E-state index contributed by atoms with van der Waals surface area (Å²) in [5, 5.41) is 2.51. The average Bonchev–Trinajstić information content (AvgIpc) is 3.95. The zero-order chi connectivity index (χ0) is 43.7. The van der Waals surface area contributed by atoms with E-state index in [1.165, 1.54) is 107 Å². The average molecular weight is 835 g/mol. The zero-order valence-corrected chi connectivity index (χ0v) is 37.4. The molecule has 0 atom stereocenters. The zero-order valence-electron chi connectivity index (χ0n) is 37.4. The second kappa shape index (κ2) is 13.8. The molecule has 0 saturated carbocycles. The van der Waals surface area contributed by atoms with Gasteiger partial charge < -0.3 is 9.47 Å². The molecule has 0 aliphatic heterocycles. The van der Waals surface area contributed by atoms with Gasteiger partial charge in [0.05, 0.1) is 22.1 Å². The van der Waals surface area contributed by atoms with Gasteiger partial charge in [-0.2, -0.15) is 0 Å². The van der Waals surface area contributed by atoms with Crippen LogP contribution in [0.4, 0.5) is 17.1 Å². The van der Waals surface area contributed by atoms with Gasteiger partial charge >= 0.3 is 0 Å². The molecule has 9 aromatic carbocycles. The summed E-state index contributed by atoms with van der Waals surface area (Å²) in [6, 6.07) is 77.7. The second-order valence-corrected chi connectivity index (χ2v) is 19.9. The summed E-state index contributed by atoms with van der Waals surface area (Å²) in [5.74, 6) is 0. The fourth-order valence-electron chi connectivity index (χ4n) is 12.3. The van der Waals surface area contributed by atoms with Gasteiger partial charge in [-0.15, -0.1) is 0 Å². The van der Waals surface area contributed by atoms with Gasteiger partial charge in [0.25, 0.3) is 0 Å². The van der Waals surface area contributed by atoms with E-state index in [4.69, 9.17) is 0 Å². The molecule has 3 aliphatic carbocycles. The molecule has 1 aromatic heterocycles. The Morgan fingerprint density at radius 3 is 1.58 bits per heavy atom. The highest BCUT2D eigenvalue weighted by Crippen LogP contribution is 2.63. The number of aromatic nitrogens is 1. The van der Waals surface area contributed by atoms with E-state index < -0.39 is 5.41 Å². The SMILES string of the molecule is CC1(C)CCC(C)(C)c2cc(-n3c4ccccc4c4ccc(N(c5ccc6c(c5)-c5ccccc5C65c6ccccc6-c6ccccc65)c5ccccc5-c5ccccc5)cc43)ccc21. The number of para-hydroxylation sites is 2. The smallest absolute Gasteiger partial charge is 0.0725 e. The summed E-state index contributed by atoms with van der Waals surface area (Å²) in [6.45, 7) is 9.69. The van der Waals surface area contributed by atoms with Crippen molar-refractivity contribution in [1.29, 1.82) is 0 Å². The van der Waals surface area contributed by atoms with Crippen molar-refractivity contribution in [2.24, 2.45) is 0 Å². The Bertz CT molecular complexity index is 3520. The summed E-state index contributed by atoms with van der Waals surface area (Å²) in [5.41, 5.74) is 22.8. The largest absolute Gasteiger partial charge is 0.310 e. The van der Waals surface area contributed by atoms with Crippen LogP contribution in [0.1, 0.15) is 73.9 Å². The number of rotatable bonds is 5. The Morgan fingerprint density at radius 1 is 0.369 bits per heavy atom. The highest BCUT2D eigenvalue weighted by molar-refractivity contribution is 6.11. The van der Waals surface area contributed by atoms with E-state index in [-0.39, 0.29) is 10.8 Å². The van der Waals surface area contributed by atoms with E-state index in [0.29, 0.717) is 0 Å². The van der Waals surface area contributed by atoms with Gasteiger partial charge in [0.2, 0.25) is 0 Å². The lowest BCUT2D eigenvalue weighted by Gasteiger charge is -2.42. The number of fused-ring (bicyclic) bond motifs is 14. The highest BCUT2D eigenvalue weighted by atomic mass is 15.1. The quantitative estimate of drug-likeness (QED) is 0.168. The third-order valence-electron chi connectivity index (χ3n) is 15.5. The standard InChI is InChI=1S/C63H50N2/c1-61(2)36-37-62(3,4)57-39-43(32-35-56(57)61)65-59-29-17-12-24-49(59)50-33-30-44(40-60(50)65)64(58-28-16-11-20-45(58)41-18-6-5-7-19-41)42-31-34-55-51(38-42)48-23-10-15-27-54(48)63(55)52-25-13-8-21-46(52)47-22-9-14-26-53(47)63/h5-35,38-40H,36-37H2,1-4H3. The molecule has 3 aliphatic rings. The van der Waals surface area contributed by atoms with Gasteiger partial charge in [0, 0.05) is 33.4 Å². The fourth-order valence-corrected chi connectivity index (χ4v) is 12.3. The Hall–Kier alpha value is -7.42. The first kappa shape index (κ1) is 38.1. The molecular formula is C63H50N2. The van der Waals surface area contributed by atoms with Crippen LogP contribution in [0.15, 0.2) is 206 Å². The molecule has 13 rings (SSSR count). The maximum Gasteiger partial charge on any atom is 0.0725 e.